The number of carbonyl (C=O) groups is 4. The lowest BCUT2D eigenvalue weighted by atomic mass is 9.99. The van der Waals surface area contributed by atoms with Crippen molar-refractivity contribution in [3.63, 3.8) is 0 Å². The van der Waals surface area contributed by atoms with Crippen LogP contribution < -0.4 is 21.1 Å². The summed E-state index contributed by atoms with van der Waals surface area (Å²) in [6.45, 7) is 8.74. The van der Waals surface area contributed by atoms with Crippen molar-refractivity contribution in [3.8, 4) is 11.5 Å². The number of aryl methyl sites for hydroxylation is 1. The second-order valence-corrected chi connectivity index (χ2v) is 11.4. The Labute approximate surface area is 240 Å². The van der Waals surface area contributed by atoms with Crippen molar-refractivity contribution in [2.45, 2.75) is 77.6 Å². The van der Waals surface area contributed by atoms with Crippen molar-refractivity contribution < 1.29 is 33.8 Å². The lowest BCUT2D eigenvalue weighted by Gasteiger charge is -2.35. The number of alkyl carbamates (subject to hydrolysis) is 1. The number of primary amides is 1. The van der Waals surface area contributed by atoms with Crippen molar-refractivity contribution in [2.75, 3.05) is 12.4 Å². The van der Waals surface area contributed by atoms with Gasteiger partial charge in [0.15, 0.2) is 0 Å². The summed E-state index contributed by atoms with van der Waals surface area (Å²) in [5.41, 5.74) is 6.05. The van der Waals surface area contributed by atoms with E-state index in [-0.39, 0.29) is 30.6 Å². The Hall–Kier alpha value is -4.28. The molecule has 1 aliphatic rings. The summed E-state index contributed by atoms with van der Waals surface area (Å²) in [5.74, 6) is -0.921. The van der Waals surface area contributed by atoms with Crippen LogP contribution in [0.1, 0.15) is 64.1 Å². The van der Waals surface area contributed by atoms with Crippen LogP contribution >= 0.6 is 0 Å². The number of carbonyl (C=O) groups excluding carboxylic acids is 4. The lowest BCUT2D eigenvalue weighted by molar-refractivity contribution is -0.142. The zero-order chi connectivity index (χ0) is 30.5. The lowest BCUT2D eigenvalue weighted by Crippen LogP contribution is -2.53. The summed E-state index contributed by atoms with van der Waals surface area (Å²) in [4.78, 5) is 54.0. The topological polar surface area (TPSA) is 160 Å². The number of rotatable bonds is 11. The molecule has 5 N–H and O–H groups in total. The maximum absolute atomic E-state index is 14.2. The molecule has 41 heavy (non-hydrogen) atoms. The van der Waals surface area contributed by atoms with Crippen LogP contribution in [0.3, 0.4) is 0 Å². The molecule has 11 heteroatoms. The van der Waals surface area contributed by atoms with Gasteiger partial charge in [-0.25, -0.2) is 4.79 Å². The van der Waals surface area contributed by atoms with Gasteiger partial charge in [-0.3, -0.25) is 14.4 Å². The normalized spacial score (nSPS) is 17.5. The molecule has 0 spiro atoms. The van der Waals surface area contributed by atoms with Crippen LogP contribution in [-0.2, 0) is 19.1 Å². The first kappa shape index (κ1) is 31.3. The van der Waals surface area contributed by atoms with Crippen LogP contribution in [0.2, 0.25) is 0 Å². The molecule has 4 unspecified atom stereocenters. The Bertz CT molecular complexity index is 1270. The van der Waals surface area contributed by atoms with Gasteiger partial charge in [0.1, 0.15) is 29.2 Å². The highest BCUT2D eigenvalue weighted by atomic mass is 16.6. The summed E-state index contributed by atoms with van der Waals surface area (Å²) in [7, 11) is 1.54. The third-order valence-corrected chi connectivity index (χ3v) is 6.77. The SMILES string of the molecule is COc1ccc(NC(=O)C(c2ccc(O)c(C)c2)N(C(=O)C(CCC(N)=O)NC(=O)OC(C)(C)C)C2CC2C)cc1. The highest BCUT2D eigenvalue weighted by Gasteiger charge is 2.48. The van der Waals surface area contributed by atoms with E-state index in [2.05, 4.69) is 10.6 Å². The molecule has 0 saturated heterocycles. The zero-order valence-corrected chi connectivity index (χ0v) is 24.4. The fourth-order valence-corrected chi connectivity index (χ4v) is 4.52. The number of nitrogens with zero attached hydrogens (tertiary/aromatic N) is 1. The van der Waals surface area contributed by atoms with Gasteiger partial charge in [0, 0.05) is 18.2 Å². The predicted octanol–water partition coefficient (Wildman–Crippen LogP) is 3.78. The second-order valence-electron chi connectivity index (χ2n) is 11.4. The molecule has 0 aliphatic heterocycles. The largest absolute Gasteiger partial charge is 0.508 e. The molecule has 0 heterocycles. The third kappa shape index (κ3) is 8.60. The highest BCUT2D eigenvalue weighted by Crippen LogP contribution is 2.41. The number of aromatic hydroxyl groups is 1. The predicted molar refractivity (Wildman–Crippen MR) is 153 cm³/mol. The fraction of sp³-hybridized carbons (Fsp3) is 0.467. The Morgan fingerprint density at radius 1 is 1.12 bits per heavy atom. The van der Waals surface area contributed by atoms with E-state index in [9.17, 15) is 24.3 Å². The van der Waals surface area contributed by atoms with E-state index in [1.807, 2.05) is 6.92 Å². The Morgan fingerprint density at radius 2 is 1.76 bits per heavy atom. The van der Waals surface area contributed by atoms with Gasteiger partial charge in [0.05, 0.1) is 7.11 Å². The molecular weight excluding hydrogens is 528 g/mol. The van der Waals surface area contributed by atoms with Gasteiger partial charge < -0.3 is 35.8 Å². The molecule has 222 valence electrons. The van der Waals surface area contributed by atoms with Gasteiger partial charge in [-0.15, -0.1) is 0 Å². The summed E-state index contributed by atoms with van der Waals surface area (Å²) in [6.07, 6.45) is -0.429. The molecule has 2 aromatic carbocycles. The van der Waals surface area contributed by atoms with E-state index in [1.54, 1.807) is 64.1 Å². The molecule has 0 radical (unpaired) electrons. The van der Waals surface area contributed by atoms with Gasteiger partial charge in [-0.05, 0) is 94.0 Å². The quantitative estimate of drug-likeness (QED) is 0.321. The summed E-state index contributed by atoms with van der Waals surface area (Å²) in [5, 5.41) is 15.6. The van der Waals surface area contributed by atoms with Gasteiger partial charge in [-0.1, -0.05) is 13.0 Å². The van der Waals surface area contributed by atoms with E-state index < -0.39 is 41.5 Å². The third-order valence-electron chi connectivity index (χ3n) is 6.77. The summed E-state index contributed by atoms with van der Waals surface area (Å²) < 4.78 is 10.6. The number of phenolic OH excluding ortho intramolecular Hbond substituents is 1. The standard InChI is InChI=1S/C30H40N4O7/c1-17-16-23(17)34(28(38)22(12-14-25(31)36)33-29(39)41-30(3,4)5)26(19-7-13-24(35)18(2)15-19)27(37)32-20-8-10-21(40-6)11-9-20/h7-11,13,15,17,22-23,26,35H,12,14,16H2,1-6H3,(H2,31,36)(H,32,37)(H,33,39). The number of anilines is 1. The second kappa shape index (κ2) is 12.9. The van der Waals surface area contributed by atoms with Crippen LogP contribution in [-0.4, -0.2) is 58.6 Å². The smallest absolute Gasteiger partial charge is 0.408 e. The minimum absolute atomic E-state index is 0.0478. The van der Waals surface area contributed by atoms with Gasteiger partial charge in [0.2, 0.25) is 11.8 Å². The number of nitrogens with one attached hydrogen (secondary N) is 2. The first-order valence-corrected chi connectivity index (χ1v) is 13.5. The summed E-state index contributed by atoms with van der Waals surface area (Å²) >= 11 is 0. The number of hydrogen-bond acceptors (Lipinski definition) is 7. The molecule has 4 amide bonds. The van der Waals surface area contributed by atoms with Crippen LogP contribution in [0.5, 0.6) is 11.5 Å². The number of phenols is 1. The zero-order valence-electron chi connectivity index (χ0n) is 24.4. The molecule has 1 aliphatic carbocycles. The van der Waals surface area contributed by atoms with Gasteiger partial charge in [-0.2, -0.15) is 0 Å². The maximum Gasteiger partial charge on any atom is 0.408 e. The Balaban J connectivity index is 2.04. The molecule has 4 atom stereocenters. The average Bonchev–Trinajstić information content (AvgIpc) is 3.61. The monoisotopic (exact) mass is 568 g/mol. The molecule has 0 aromatic heterocycles. The molecular formula is C30H40N4O7. The van der Waals surface area contributed by atoms with E-state index in [0.29, 0.717) is 29.0 Å². The van der Waals surface area contributed by atoms with E-state index >= 15 is 0 Å². The number of nitrogens with two attached hydrogens (primary N) is 1. The van der Waals surface area contributed by atoms with Gasteiger partial charge in [0.25, 0.3) is 5.91 Å². The van der Waals surface area contributed by atoms with Crippen molar-refractivity contribution in [1.29, 1.82) is 0 Å². The first-order chi connectivity index (χ1) is 19.2. The highest BCUT2D eigenvalue weighted by molar-refractivity contribution is 5.99. The Kier molecular flexibility index (Phi) is 9.85. The van der Waals surface area contributed by atoms with Crippen molar-refractivity contribution >= 4 is 29.5 Å². The Morgan fingerprint density at radius 3 is 2.27 bits per heavy atom. The molecule has 0 bridgehead atoms. The van der Waals surface area contributed by atoms with Crippen molar-refractivity contribution in [1.82, 2.24) is 10.2 Å². The van der Waals surface area contributed by atoms with E-state index in [0.717, 1.165) is 0 Å². The van der Waals surface area contributed by atoms with E-state index in [1.165, 1.54) is 18.1 Å². The van der Waals surface area contributed by atoms with Crippen LogP contribution in [0.25, 0.3) is 0 Å². The molecule has 2 aromatic rings. The molecule has 3 rings (SSSR count). The van der Waals surface area contributed by atoms with Crippen molar-refractivity contribution in [3.05, 3.63) is 53.6 Å². The summed E-state index contributed by atoms with van der Waals surface area (Å²) in [6, 6.07) is 8.88. The molecule has 1 fully saturated rings. The fourth-order valence-electron chi connectivity index (χ4n) is 4.52. The number of benzene rings is 2. The van der Waals surface area contributed by atoms with Gasteiger partial charge >= 0.3 is 6.09 Å². The van der Waals surface area contributed by atoms with Crippen LogP contribution in [0, 0.1) is 12.8 Å². The van der Waals surface area contributed by atoms with E-state index in [4.69, 9.17) is 15.2 Å². The molecule has 11 nitrogen and oxygen atoms in total. The van der Waals surface area contributed by atoms with Crippen LogP contribution in [0.15, 0.2) is 42.5 Å². The number of methoxy groups -OCH3 is 1. The first-order valence-electron chi connectivity index (χ1n) is 13.5. The molecule has 1 saturated carbocycles. The number of amides is 4. The average molecular weight is 569 g/mol. The maximum atomic E-state index is 14.2. The minimum atomic E-state index is -1.18. The number of ether oxygens (including phenoxy) is 2. The number of hydrogen-bond donors (Lipinski definition) is 4. The van der Waals surface area contributed by atoms with Crippen molar-refractivity contribution in [2.24, 2.45) is 11.7 Å². The van der Waals surface area contributed by atoms with Crippen LogP contribution in [0.4, 0.5) is 10.5 Å². The minimum Gasteiger partial charge on any atom is -0.508 e.